The van der Waals surface area contributed by atoms with E-state index in [-0.39, 0.29) is 8.15 Å². The molecule has 0 atom stereocenters. The summed E-state index contributed by atoms with van der Waals surface area (Å²) >= 11 is 3.98. The first-order valence-electron chi connectivity index (χ1n) is 2.18. The zero-order valence-corrected chi connectivity index (χ0v) is 6.51. The lowest BCUT2D eigenvalue weighted by Gasteiger charge is -2.02. The minimum Gasteiger partial charge on any atom is -0.359 e. The monoisotopic (exact) mass is 138 g/mol. The van der Waals surface area contributed by atoms with Gasteiger partial charge < -0.3 is 4.52 Å². The van der Waals surface area contributed by atoms with Crippen molar-refractivity contribution >= 4 is 20.8 Å². The van der Waals surface area contributed by atoms with E-state index in [0.29, 0.717) is 0 Å². The van der Waals surface area contributed by atoms with E-state index >= 15 is 0 Å². The van der Waals surface area contributed by atoms with E-state index in [1.807, 2.05) is 0 Å². The fourth-order valence-electron chi connectivity index (χ4n) is 0.223. The first-order valence-corrected chi connectivity index (χ1v) is 4.97. The van der Waals surface area contributed by atoms with Crippen LogP contribution in [0.4, 0.5) is 0 Å². The molecule has 0 fully saturated rings. The van der Waals surface area contributed by atoms with Gasteiger partial charge in [0.15, 0.2) is 0 Å². The molecule has 0 aliphatic rings. The highest BCUT2D eigenvalue weighted by atomic mass is 32.1. The SMILES string of the molecule is CP(C)OCCS. The summed E-state index contributed by atoms with van der Waals surface area (Å²) in [4.78, 5) is 0. The predicted octanol–water partition coefficient (Wildman–Crippen LogP) is 1.59. The molecule has 0 aromatic rings. The van der Waals surface area contributed by atoms with Gasteiger partial charge in [0.05, 0.1) is 6.61 Å². The third-order valence-corrected chi connectivity index (χ3v) is 1.32. The normalized spacial score (nSPS) is 10.3. The average molecular weight is 138 g/mol. The summed E-state index contributed by atoms with van der Waals surface area (Å²) in [6, 6.07) is 0. The average Bonchev–Trinajstić information content (AvgIpc) is 1.61. The van der Waals surface area contributed by atoms with Gasteiger partial charge in [0.1, 0.15) is 0 Å². The molecule has 44 valence electrons. The second-order valence-electron chi connectivity index (χ2n) is 1.37. The first kappa shape index (κ1) is 7.74. The van der Waals surface area contributed by atoms with E-state index < -0.39 is 0 Å². The van der Waals surface area contributed by atoms with Crippen LogP contribution in [0.3, 0.4) is 0 Å². The molecule has 0 aliphatic carbocycles. The Morgan fingerprint density at radius 2 is 2.14 bits per heavy atom. The highest BCUT2D eigenvalue weighted by Gasteiger charge is 1.87. The van der Waals surface area contributed by atoms with Gasteiger partial charge in [-0.15, -0.1) is 0 Å². The Hall–Kier alpha value is 0.740. The lowest BCUT2D eigenvalue weighted by Crippen LogP contribution is -1.87. The van der Waals surface area contributed by atoms with Crippen LogP contribution in [0.5, 0.6) is 0 Å². The number of thiol groups is 1. The third kappa shape index (κ3) is 6.74. The maximum absolute atomic E-state index is 5.18. The Morgan fingerprint density at radius 1 is 1.57 bits per heavy atom. The summed E-state index contributed by atoms with van der Waals surface area (Å²) in [5, 5.41) is 0. The molecule has 0 radical (unpaired) electrons. The second kappa shape index (κ2) is 4.89. The van der Waals surface area contributed by atoms with Crippen molar-refractivity contribution in [3.8, 4) is 0 Å². The Labute approximate surface area is 51.7 Å². The Kier molecular flexibility index (Phi) is 5.41. The van der Waals surface area contributed by atoms with Crippen LogP contribution in [0.1, 0.15) is 0 Å². The molecular weight excluding hydrogens is 127 g/mol. The van der Waals surface area contributed by atoms with Gasteiger partial charge in [0.2, 0.25) is 0 Å². The van der Waals surface area contributed by atoms with Crippen molar-refractivity contribution in [3.63, 3.8) is 0 Å². The van der Waals surface area contributed by atoms with Crippen molar-refractivity contribution in [2.75, 3.05) is 25.7 Å². The first-order chi connectivity index (χ1) is 3.27. The lowest BCUT2D eigenvalue weighted by atomic mass is 10.9. The quantitative estimate of drug-likeness (QED) is 0.460. The van der Waals surface area contributed by atoms with Crippen molar-refractivity contribution in [3.05, 3.63) is 0 Å². The second-order valence-corrected chi connectivity index (χ2v) is 3.70. The standard InChI is InChI=1S/C4H11OPS/c1-6(2)5-3-4-7/h7H,3-4H2,1-2H3. The van der Waals surface area contributed by atoms with Crippen molar-refractivity contribution in [1.82, 2.24) is 0 Å². The molecule has 0 saturated carbocycles. The molecular formula is C4H11OPS. The van der Waals surface area contributed by atoms with Gasteiger partial charge >= 0.3 is 0 Å². The molecule has 0 amide bonds. The molecule has 3 heteroatoms. The molecule has 0 saturated heterocycles. The summed E-state index contributed by atoms with van der Waals surface area (Å²) < 4.78 is 5.18. The molecule has 0 spiro atoms. The number of hydrogen-bond acceptors (Lipinski definition) is 2. The van der Waals surface area contributed by atoms with Crippen LogP contribution in [-0.2, 0) is 4.52 Å². The smallest absolute Gasteiger partial charge is 0.0596 e. The summed E-state index contributed by atoms with van der Waals surface area (Å²) in [7, 11) is -0.155. The molecule has 1 nitrogen and oxygen atoms in total. The highest BCUT2D eigenvalue weighted by molar-refractivity contribution is 7.80. The van der Waals surface area contributed by atoms with Crippen LogP contribution < -0.4 is 0 Å². The Morgan fingerprint density at radius 3 is 2.29 bits per heavy atom. The van der Waals surface area contributed by atoms with Crippen LogP contribution in [0.25, 0.3) is 0 Å². The van der Waals surface area contributed by atoms with Gasteiger partial charge in [-0.1, -0.05) is 0 Å². The van der Waals surface area contributed by atoms with Gasteiger partial charge in [-0.05, 0) is 13.3 Å². The van der Waals surface area contributed by atoms with Gasteiger partial charge in [-0.2, -0.15) is 12.6 Å². The zero-order chi connectivity index (χ0) is 5.70. The van der Waals surface area contributed by atoms with Crippen LogP contribution >= 0.6 is 20.8 Å². The zero-order valence-electron chi connectivity index (χ0n) is 4.72. The molecule has 0 aromatic carbocycles. The molecule has 0 aromatic heterocycles. The summed E-state index contributed by atoms with van der Waals surface area (Å²) in [5.41, 5.74) is 0. The van der Waals surface area contributed by atoms with Crippen molar-refractivity contribution in [2.24, 2.45) is 0 Å². The van der Waals surface area contributed by atoms with E-state index in [2.05, 4.69) is 26.0 Å². The third-order valence-electron chi connectivity index (χ3n) is 0.441. The Balaban J connectivity index is 2.68. The fourth-order valence-corrected chi connectivity index (χ4v) is 0.915. The topological polar surface area (TPSA) is 9.23 Å². The maximum Gasteiger partial charge on any atom is 0.0596 e. The largest absolute Gasteiger partial charge is 0.359 e. The van der Waals surface area contributed by atoms with Gasteiger partial charge in [-0.25, -0.2) is 0 Å². The van der Waals surface area contributed by atoms with Crippen LogP contribution in [0, 0.1) is 0 Å². The summed E-state index contributed by atoms with van der Waals surface area (Å²) in [6.07, 6.45) is 0. The molecule has 0 unspecified atom stereocenters. The van der Waals surface area contributed by atoms with Crippen LogP contribution in [0.2, 0.25) is 0 Å². The van der Waals surface area contributed by atoms with E-state index in [9.17, 15) is 0 Å². The molecule has 0 aliphatic heterocycles. The fraction of sp³-hybridized carbons (Fsp3) is 1.00. The van der Waals surface area contributed by atoms with E-state index in [0.717, 1.165) is 12.4 Å². The van der Waals surface area contributed by atoms with E-state index in [1.54, 1.807) is 0 Å². The van der Waals surface area contributed by atoms with Crippen molar-refractivity contribution in [2.45, 2.75) is 0 Å². The number of hydrogen-bond donors (Lipinski definition) is 1. The predicted molar refractivity (Wildman–Crippen MR) is 38.6 cm³/mol. The summed E-state index contributed by atoms with van der Waals surface area (Å²) in [5.74, 6) is 0.834. The highest BCUT2D eigenvalue weighted by Crippen LogP contribution is 2.24. The minimum absolute atomic E-state index is 0.155. The minimum atomic E-state index is -0.155. The van der Waals surface area contributed by atoms with E-state index in [1.165, 1.54) is 0 Å². The van der Waals surface area contributed by atoms with Gasteiger partial charge in [0.25, 0.3) is 0 Å². The molecule has 0 rings (SSSR count). The van der Waals surface area contributed by atoms with Crippen LogP contribution in [-0.4, -0.2) is 25.7 Å². The molecule has 7 heavy (non-hydrogen) atoms. The number of rotatable bonds is 3. The Bertz CT molecular complexity index is 40.7. The molecule has 0 bridgehead atoms. The van der Waals surface area contributed by atoms with Crippen molar-refractivity contribution < 1.29 is 4.52 Å². The summed E-state index contributed by atoms with van der Waals surface area (Å²) in [6.45, 7) is 4.96. The molecule has 0 N–H and O–H groups in total. The lowest BCUT2D eigenvalue weighted by molar-refractivity contribution is 0.388. The van der Waals surface area contributed by atoms with Crippen molar-refractivity contribution in [1.29, 1.82) is 0 Å². The van der Waals surface area contributed by atoms with Gasteiger partial charge in [-0.3, -0.25) is 0 Å². The van der Waals surface area contributed by atoms with Crippen LogP contribution in [0.15, 0.2) is 0 Å². The van der Waals surface area contributed by atoms with E-state index in [4.69, 9.17) is 4.52 Å². The maximum atomic E-state index is 5.18. The van der Waals surface area contributed by atoms with Gasteiger partial charge in [0, 0.05) is 13.9 Å². The molecule has 0 heterocycles.